The Hall–Kier alpha value is -3.42. The van der Waals surface area contributed by atoms with E-state index in [1.54, 1.807) is 19.1 Å². The number of sulfonamides is 1. The molecule has 2 heterocycles. The molecule has 10 nitrogen and oxygen atoms in total. The van der Waals surface area contributed by atoms with Gasteiger partial charge in [0, 0.05) is 12.1 Å². The van der Waals surface area contributed by atoms with Crippen molar-refractivity contribution in [2.24, 2.45) is 0 Å². The fraction of sp³-hybridized carbons (Fsp3) is 0.105. The first-order valence-corrected chi connectivity index (χ1v) is 12.2. The molecule has 0 radical (unpaired) electrons. The van der Waals surface area contributed by atoms with E-state index in [-0.39, 0.29) is 25.7 Å². The molecule has 0 fully saturated rings. The molecule has 0 aliphatic heterocycles. The Morgan fingerprint density at radius 2 is 1.75 bits per heavy atom. The molecule has 0 aliphatic carbocycles. The van der Waals surface area contributed by atoms with Crippen LogP contribution in [-0.2, 0) is 10.0 Å². The zero-order valence-corrected chi connectivity index (χ0v) is 19.1. The highest BCUT2D eigenvalue weighted by molar-refractivity contribution is 7.93. The fourth-order valence-corrected chi connectivity index (χ4v) is 5.77. The van der Waals surface area contributed by atoms with Gasteiger partial charge >= 0.3 is 0 Å². The van der Waals surface area contributed by atoms with Crippen molar-refractivity contribution < 1.29 is 18.1 Å². The van der Waals surface area contributed by atoms with Gasteiger partial charge in [-0.1, -0.05) is 40.4 Å². The summed E-state index contributed by atoms with van der Waals surface area (Å²) in [4.78, 5) is 31.9. The molecule has 2 aromatic heterocycles. The van der Waals surface area contributed by atoms with Gasteiger partial charge in [-0.2, -0.15) is 0 Å². The number of carbonyl (C=O) groups excluding carboxylic acids is 1. The summed E-state index contributed by atoms with van der Waals surface area (Å²) in [7, 11) is -3.85. The van der Waals surface area contributed by atoms with Gasteiger partial charge in [-0.05, 0) is 32.0 Å². The van der Waals surface area contributed by atoms with Gasteiger partial charge in [-0.15, -0.1) is 0 Å². The summed E-state index contributed by atoms with van der Waals surface area (Å²) in [5.74, 6) is -0.505. The summed E-state index contributed by atoms with van der Waals surface area (Å²) in [5.41, 5.74) is 1.73. The van der Waals surface area contributed by atoms with Crippen LogP contribution in [0.25, 0.3) is 10.2 Å². The molecule has 0 saturated heterocycles. The molecular weight excluding hydrogens is 474 g/mol. The molecule has 13 heteroatoms. The van der Waals surface area contributed by atoms with Gasteiger partial charge in [0.25, 0.3) is 21.6 Å². The number of nitro benzene ring substituents is 1. The van der Waals surface area contributed by atoms with Crippen molar-refractivity contribution in [3.63, 3.8) is 0 Å². The number of nitrogens with one attached hydrogen (secondary N) is 2. The van der Waals surface area contributed by atoms with Gasteiger partial charge in [-0.3, -0.25) is 24.9 Å². The third-order valence-corrected chi connectivity index (χ3v) is 7.85. The highest BCUT2D eigenvalue weighted by atomic mass is 32.2. The standard InChI is InChI=1S/C19H15N5O5S3/c1-10-3-6-13(7-4-10)32(28,29)23-19-20-11(2)16(31-19)17(25)22-18-21-14-8-5-12(24(26)27)9-15(14)30-18/h3-9H,1-2H3,(H,20,23)(H,21,22,25). The molecule has 0 atom stereocenters. The largest absolute Gasteiger partial charge is 0.297 e. The predicted octanol–water partition coefficient (Wildman–Crippen LogP) is 4.33. The molecule has 32 heavy (non-hydrogen) atoms. The number of nitro groups is 1. The molecule has 4 rings (SSSR count). The molecule has 0 spiro atoms. The molecule has 0 aliphatic rings. The third kappa shape index (κ3) is 4.44. The maximum absolute atomic E-state index is 12.7. The van der Waals surface area contributed by atoms with E-state index < -0.39 is 20.9 Å². The topological polar surface area (TPSA) is 144 Å². The van der Waals surface area contributed by atoms with Crippen LogP contribution in [-0.4, -0.2) is 29.2 Å². The number of thiazole rings is 2. The zero-order valence-electron chi connectivity index (χ0n) is 16.6. The van der Waals surface area contributed by atoms with Gasteiger partial charge in [0.2, 0.25) is 0 Å². The first-order valence-electron chi connectivity index (χ1n) is 9.05. The van der Waals surface area contributed by atoms with Crippen LogP contribution in [0, 0.1) is 24.0 Å². The van der Waals surface area contributed by atoms with Crippen molar-refractivity contribution >= 4 is 64.8 Å². The summed E-state index contributed by atoms with van der Waals surface area (Å²) in [6, 6.07) is 10.6. The maximum atomic E-state index is 12.7. The van der Waals surface area contributed by atoms with Crippen LogP contribution in [0.3, 0.4) is 0 Å². The van der Waals surface area contributed by atoms with E-state index in [0.717, 1.165) is 28.2 Å². The number of anilines is 2. The van der Waals surface area contributed by atoms with Gasteiger partial charge in [-0.25, -0.2) is 18.4 Å². The van der Waals surface area contributed by atoms with Crippen molar-refractivity contribution in [2.75, 3.05) is 10.0 Å². The van der Waals surface area contributed by atoms with Crippen LogP contribution < -0.4 is 10.0 Å². The quantitative estimate of drug-likeness (QED) is 0.303. The van der Waals surface area contributed by atoms with Crippen LogP contribution in [0.15, 0.2) is 47.4 Å². The summed E-state index contributed by atoms with van der Waals surface area (Å²) in [6.45, 7) is 3.45. The Balaban J connectivity index is 1.53. The monoisotopic (exact) mass is 489 g/mol. The van der Waals surface area contributed by atoms with E-state index in [9.17, 15) is 23.3 Å². The van der Waals surface area contributed by atoms with E-state index in [2.05, 4.69) is 20.0 Å². The molecule has 0 bridgehead atoms. The number of nitrogens with zero attached hydrogens (tertiary/aromatic N) is 3. The zero-order chi connectivity index (χ0) is 23.0. The van der Waals surface area contributed by atoms with Crippen LogP contribution in [0.5, 0.6) is 0 Å². The van der Waals surface area contributed by atoms with Gasteiger partial charge in [0.05, 0.1) is 25.7 Å². The van der Waals surface area contributed by atoms with Crippen molar-refractivity contribution in [1.29, 1.82) is 0 Å². The minimum Gasteiger partial charge on any atom is -0.297 e. The summed E-state index contributed by atoms with van der Waals surface area (Å²) in [5, 5.41) is 13.9. The Morgan fingerprint density at radius 1 is 1.03 bits per heavy atom. The van der Waals surface area contributed by atoms with Crippen LogP contribution in [0.1, 0.15) is 20.9 Å². The van der Waals surface area contributed by atoms with Crippen molar-refractivity contribution in [1.82, 2.24) is 9.97 Å². The Bertz CT molecular complexity index is 1460. The first-order chi connectivity index (χ1) is 15.1. The SMILES string of the molecule is Cc1ccc(S(=O)(=O)Nc2nc(C)c(C(=O)Nc3nc4ccc([N+](=O)[O-])cc4s3)s2)cc1. The second-order valence-electron chi connectivity index (χ2n) is 6.73. The number of rotatable bonds is 6. The highest BCUT2D eigenvalue weighted by Crippen LogP contribution is 2.31. The number of fused-ring (bicyclic) bond motifs is 1. The lowest BCUT2D eigenvalue weighted by atomic mass is 10.2. The number of amides is 1. The molecule has 2 N–H and O–H groups in total. The Kier molecular flexibility index (Phi) is 5.62. The molecule has 2 aromatic carbocycles. The normalized spacial score (nSPS) is 11.4. The molecule has 1 amide bonds. The van der Waals surface area contributed by atoms with E-state index in [1.807, 2.05) is 6.92 Å². The Labute approximate surface area is 190 Å². The summed E-state index contributed by atoms with van der Waals surface area (Å²) >= 11 is 2.00. The smallest absolute Gasteiger partial charge is 0.270 e. The number of carbonyl (C=O) groups is 1. The van der Waals surface area contributed by atoms with E-state index in [4.69, 9.17) is 0 Å². The molecular formula is C19H15N5O5S3. The number of aryl methyl sites for hydroxylation is 2. The lowest BCUT2D eigenvalue weighted by Crippen LogP contribution is -2.12. The lowest BCUT2D eigenvalue weighted by Gasteiger charge is -2.05. The van der Waals surface area contributed by atoms with Crippen LogP contribution >= 0.6 is 22.7 Å². The highest BCUT2D eigenvalue weighted by Gasteiger charge is 2.21. The van der Waals surface area contributed by atoms with E-state index in [0.29, 0.717) is 15.9 Å². The number of aromatic nitrogens is 2. The van der Waals surface area contributed by atoms with Gasteiger partial charge < -0.3 is 0 Å². The third-order valence-electron chi connectivity index (χ3n) is 4.36. The lowest BCUT2D eigenvalue weighted by molar-refractivity contribution is -0.384. The minimum absolute atomic E-state index is 0.0631. The summed E-state index contributed by atoms with van der Waals surface area (Å²) < 4.78 is 28.1. The van der Waals surface area contributed by atoms with Gasteiger partial charge in [0.1, 0.15) is 4.88 Å². The van der Waals surface area contributed by atoms with E-state index >= 15 is 0 Å². The van der Waals surface area contributed by atoms with Crippen molar-refractivity contribution in [3.05, 3.63) is 68.7 Å². The number of non-ortho nitro benzene ring substituents is 1. The number of benzene rings is 2. The maximum Gasteiger partial charge on any atom is 0.270 e. The first kappa shape index (κ1) is 21.8. The molecule has 4 aromatic rings. The minimum atomic E-state index is -3.85. The van der Waals surface area contributed by atoms with Gasteiger partial charge in [0.15, 0.2) is 10.3 Å². The molecule has 0 unspecified atom stereocenters. The van der Waals surface area contributed by atoms with Crippen LogP contribution in [0.2, 0.25) is 0 Å². The molecule has 0 saturated carbocycles. The van der Waals surface area contributed by atoms with E-state index in [1.165, 1.54) is 30.3 Å². The number of hydrogen-bond donors (Lipinski definition) is 2. The molecule has 164 valence electrons. The predicted molar refractivity (Wildman–Crippen MR) is 123 cm³/mol. The average Bonchev–Trinajstić information content (AvgIpc) is 3.29. The number of hydrogen-bond acceptors (Lipinski definition) is 9. The average molecular weight is 490 g/mol. The van der Waals surface area contributed by atoms with Crippen molar-refractivity contribution in [3.8, 4) is 0 Å². The van der Waals surface area contributed by atoms with Crippen molar-refractivity contribution in [2.45, 2.75) is 18.7 Å². The Morgan fingerprint density at radius 3 is 2.44 bits per heavy atom. The second kappa shape index (κ2) is 8.26. The fourth-order valence-electron chi connectivity index (χ4n) is 2.78. The second-order valence-corrected chi connectivity index (χ2v) is 10.4. The summed E-state index contributed by atoms with van der Waals surface area (Å²) in [6.07, 6.45) is 0. The van der Waals surface area contributed by atoms with Crippen LogP contribution in [0.4, 0.5) is 16.0 Å².